The van der Waals surface area contributed by atoms with Crippen LogP contribution >= 0.6 is 0 Å². The normalized spacial score (nSPS) is 13.1. The second-order valence-electron chi connectivity index (χ2n) is 5.01. The fourth-order valence-electron chi connectivity index (χ4n) is 2.10. The minimum atomic E-state index is 0.0235. The summed E-state index contributed by atoms with van der Waals surface area (Å²) in [6.45, 7) is 4.76. The Morgan fingerprint density at radius 1 is 1.33 bits per heavy atom. The minimum absolute atomic E-state index is 0.0235. The van der Waals surface area contributed by atoms with Crippen LogP contribution in [0.25, 0.3) is 0 Å². The van der Waals surface area contributed by atoms with Gasteiger partial charge in [0.2, 0.25) is 0 Å². The molecular weight excluding hydrogens is 264 g/mol. The second kappa shape index (κ2) is 6.85. The van der Waals surface area contributed by atoms with Crippen LogP contribution in [0.5, 0.6) is 0 Å². The van der Waals surface area contributed by atoms with E-state index in [1.54, 1.807) is 6.20 Å². The maximum Gasteiger partial charge on any atom is 0.189 e. The first-order valence-electron chi connectivity index (χ1n) is 6.83. The van der Waals surface area contributed by atoms with Gasteiger partial charge < -0.3 is 16.3 Å². The van der Waals surface area contributed by atoms with Crippen LogP contribution < -0.4 is 11.1 Å². The highest BCUT2D eigenvalue weighted by atomic mass is 16.4. The number of hydrogen-bond donors (Lipinski definition) is 3. The Morgan fingerprint density at radius 3 is 2.71 bits per heavy atom. The molecule has 0 fully saturated rings. The molecule has 0 radical (unpaired) electrons. The molecule has 5 heteroatoms. The molecular formula is C16H20N4O. The summed E-state index contributed by atoms with van der Waals surface area (Å²) in [5, 5.41) is 15.2. The van der Waals surface area contributed by atoms with Crippen molar-refractivity contribution in [1.82, 2.24) is 10.3 Å². The lowest BCUT2D eigenvalue weighted by molar-refractivity contribution is 0.318. The van der Waals surface area contributed by atoms with Crippen LogP contribution in [-0.4, -0.2) is 16.0 Å². The number of aromatic nitrogens is 1. The van der Waals surface area contributed by atoms with E-state index in [1.807, 2.05) is 12.1 Å². The second-order valence-corrected chi connectivity index (χ2v) is 5.01. The number of nitrogens with zero attached hydrogens (tertiary/aromatic N) is 2. The Bertz CT molecular complexity index is 622. The fourth-order valence-corrected chi connectivity index (χ4v) is 2.10. The van der Waals surface area contributed by atoms with Gasteiger partial charge in [-0.3, -0.25) is 4.98 Å². The van der Waals surface area contributed by atoms with Gasteiger partial charge in [-0.15, -0.1) is 0 Å². The number of hydrogen-bond acceptors (Lipinski definition) is 4. The average molecular weight is 284 g/mol. The molecule has 0 aliphatic heterocycles. The molecule has 0 aliphatic carbocycles. The lowest BCUT2D eigenvalue weighted by Gasteiger charge is -2.15. The van der Waals surface area contributed by atoms with E-state index in [1.165, 1.54) is 11.1 Å². The highest BCUT2D eigenvalue weighted by Gasteiger charge is 2.10. The first-order chi connectivity index (χ1) is 10.1. The fraction of sp³-hybridized carbons (Fsp3) is 0.250. The summed E-state index contributed by atoms with van der Waals surface area (Å²) in [6.07, 6.45) is 1.63. The standard InChI is InChI=1S/C16H20N4O/c1-11-5-7-13(8-6-11)12(2)19-10-14-4-3-9-18-15(14)16(17)20-21/h3-9,12,19,21H,10H2,1-2H3,(H2,17,20)/t12-/m1/s1. The number of benzene rings is 1. The van der Waals surface area contributed by atoms with Crippen molar-refractivity contribution in [2.75, 3.05) is 0 Å². The predicted molar refractivity (Wildman–Crippen MR) is 83.2 cm³/mol. The van der Waals surface area contributed by atoms with E-state index >= 15 is 0 Å². The minimum Gasteiger partial charge on any atom is -0.409 e. The van der Waals surface area contributed by atoms with Gasteiger partial charge >= 0.3 is 0 Å². The van der Waals surface area contributed by atoms with Gasteiger partial charge in [-0.2, -0.15) is 0 Å². The molecule has 0 amide bonds. The predicted octanol–water partition coefficient (Wildman–Crippen LogP) is 2.34. The third kappa shape index (κ3) is 3.79. The Hall–Kier alpha value is -2.40. The molecule has 4 N–H and O–H groups in total. The summed E-state index contributed by atoms with van der Waals surface area (Å²) in [4.78, 5) is 4.16. The largest absolute Gasteiger partial charge is 0.409 e. The molecule has 1 heterocycles. The quantitative estimate of drug-likeness (QED) is 0.340. The Kier molecular flexibility index (Phi) is 4.90. The smallest absolute Gasteiger partial charge is 0.189 e. The lowest BCUT2D eigenvalue weighted by atomic mass is 10.1. The average Bonchev–Trinajstić information content (AvgIpc) is 2.52. The van der Waals surface area contributed by atoms with Crippen molar-refractivity contribution in [2.45, 2.75) is 26.4 Å². The molecule has 1 aromatic carbocycles. The van der Waals surface area contributed by atoms with Gasteiger partial charge in [-0.05, 0) is 31.0 Å². The summed E-state index contributed by atoms with van der Waals surface area (Å²) < 4.78 is 0. The van der Waals surface area contributed by atoms with Gasteiger partial charge in [0.1, 0.15) is 5.69 Å². The Labute approximate surface area is 124 Å². The summed E-state index contributed by atoms with van der Waals surface area (Å²) in [7, 11) is 0. The maximum absolute atomic E-state index is 8.80. The number of rotatable bonds is 5. The van der Waals surface area contributed by atoms with Crippen molar-refractivity contribution in [3.8, 4) is 0 Å². The number of pyridine rings is 1. The zero-order valence-electron chi connectivity index (χ0n) is 12.2. The molecule has 0 saturated heterocycles. The van der Waals surface area contributed by atoms with Gasteiger partial charge in [-0.1, -0.05) is 41.1 Å². The molecule has 0 saturated carbocycles. The van der Waals surface area contributed by atoms with Crippen LogP contribution in [0, 0.1) is 6.92 Å². The molecule has 0 bridgehead atoms. The van der Waals surface area contributed by atoms with Crippen LogP contribution in [-0.2, 0) is 6.54 Å². The van der Waals surface area contributed by atoms with Gasteiger partial charge in [0.05, 0.1) is 0 Å². The van der Waals surface area contributed by atoms with Crippen LogP contribution in [0.4, 0.5) is 0 Å². The molecule has 2 rings (SSSR count). The van der Waals surface area contributed by atoms with E-state index in [2.05, 4.69) is 53.6 Å². The number of nitrogens with one attached hydrogen (secondary N) is 1. The van der Waals surface area contributed by atoms with Crippen molar-refractivity contribution >= 4 is 5.84 Å². The zero-order valence-corrected chi connectivity index (χ0v) is 12.2. The SMILES string of the molecule is Cc1ccc([C@@H](C)NCc2cccnc2/C(N)=N/O)cc1. The Morgan fingerprint density at radius 2 is 2.05 bits per heavy atom. The van der Waals surface area contributed by atoms with Crippen molar-refractivity contribution in [2.24, 2.45) is 10.9 Å². The topological polar surface area (TPSA) is 83.5 Å². The van der Waals surface area contributed by atoms with Crippen LogP contribution in [0.1, 0.15) is 35.3 Å². The summed E-state index contributed by atoms with van der Waals surface area (Å²) in [6, 6.07) is 12.4. The van der Waals surface area contributed by atoms with Crippen molar-refractivity contribution in [3.05, 3.63) is 65.0 Å². The number of aryl methyl sites for hydroxylation is 1. The van der Waals surface area contributed by atoms with Crippen molar-refractivity contribution in [3.63, 3.8) is 0 Å². The summed E-state index contributed by atoms with van der Waals surface area (Å²) in [5.41, 5.74) is 9.50. The summed E-state index contributed by atoms with van der Waals surface area (Å²) in [5.74, 6) is 0.0235. The lowest BCUT2D eigenvalue weighted by Crippen LogP contribution is -2.23. The number of oxime groups is 1. The number of amidine groups is 1. The third-order valence-electron chi connectivity index (χ3n) is 3.42. The third-order valence-corrected chi connectivity index (χ3v) is 3.42. The molecule has 1 aromatic heterocycles. The van der Waals surface area contributed by atoms with Crippen LogP contribution in [0.15, 0.2) is 47.8 Å². The maximum atomic E-state index is 8.80. The summed E-state index contributed by atoms with van der Waals surface area (Å²) >= 11 is 0. The van der Waals surface area contributed by atoms with E-state index in [0.717, 1.165) is 5.56 Å². The zero-order chi connectivity index (χ0) is 15.2. The number of nitrogens with two attached hydrogens (primary N) is 1. The highest BCUT2D eigenvalue weighted by Crippen LogP contribution is 2.14. The van der Waals surface area contributed by atoms with Gasteiger partial charge in [0.25, 0.3) is 0 Å². The molecule has 0 spiro atoms. The van der Waals surface area contributed by atoms with E-state index in [9.17, 15) is 0 Å². The van der Waals surface area contributed by atoms with Crippen molar-refractivity contribution in [1.29, 1.82) is 0 Å². The molecule has 2 aromatic rings. The van der Waals surface area contributed by atoms with E-state index in [-0.39, 0.29) is 11.9 Å². The molecule has 5 nitrogen and oxygen atoms in total. The van der Waals surface area contributed by atoms with Gasteiger partial charge in [0.15, 0.2) is 5.84 Å². The van der Waals surface area contributed by atoms with Gasteiger partial charge in [-0.25, -0.2) is 0 Å². The van der Waals surface area contributed by atoms with Gasteiger partial charge in [0, 0.05) is 18.8 Å². The van der Waals surface area contributed by atoms with E-state index in [0.29, 0.717) is 12.2 Å². The van der Waals surface area contributed by atoms with Crippen molar-refractivity contribution < 1.29 is 5.21 Å². The molecule has 110 valence electrons. The first kappa shape index (κ1) is 15.0. The first-order valence-corrected chi connectivity index (χ1v) is 6.83. The van der Waals surface area contributed by atoms with E-state index < -0.39 is 0 Å². The Balaban J connectivity index is 2.08. The monoisotopic (exact) mass is 284 g/mol. The molecule has 0 aliphatic rings. The molecule has 1 atom stereocenters. The van der Waals surface area contributed by atoms with Crippen LogP contribution in [0.3, 0.4) is 0 Å². The highest BCUT2D eigenvalue weighted by molar-refractivity contribution is 5.96. The van der Waals surface area contributed by atoms with Crippen LogP contribution in [0.2, 0.25) is 0 Å². The van der Waals surface area contributed by atoms with E-state index in [4.69, 9.17) is 10.9 Å². The molecule has 21 heavy (non-hydrogen) atoms. The molecule has 0 unspecified atom stereocenters.